The Labute approximate surface area is 97.6 Å². The van der Waals surface area contributed by atoms with Crippen molar-refractivity contribution in [2.45, 2.75) is 39.4 Å². The van der Waals surface area contributed by atoms with Crippen LogP contribution in [0.3, 0.4) is 0 Å². The zero-order chi connectivity index (χ0) is 11.7. The van der Waals surface area contributed by atoms with E-state index in [1.807, 2.05) is 18.7 Å². The van der Waals surface area contributed by atoms with Crippen LogP contribution < -0.4 is 5.32 Å². The highest BCUT2D eigenvalue weighted by atomic mass is 15.3. The maximum absolute atomic E-state index is 4.39. The van der Waals surface area contributed by atoms with Crippen LogP contribution in [0, 0.1) is 6.92 Å². The Kier molecular flexibility index (Phi) is 3.30. The summed E-state index contributed by atoms with van der Waals surface area (Å²) >= 11 is 0. The van der Waals surface area contributed by atoms with E-state index < -0.39 is 0 Å². The van der Waals surface area contributed by atoms with Gasteiger partial charge in [0.1, 0.15) is 0 Å². The van der Waals surface area contributed by atoms with Crippen LogP contribution in [0.4, 0.5) is 0 Å². The van der Waals surface area contributed by atoms with E-state index in [4.69, 9.17) is 0 Å². The van der Waals surface area contributed by atoms with Gasteiger partial charge >= 0.3 is 0 Å². The summed E-state index contributed by atoms with van der Waals surface area (Å²) in [5.41, 5.74) is 2.41. The molecule has 2 atom stereocenters. The second kappa shape index (κ2) is 4.55. The number of hydrogen-bond acceptors (Lipinski definition) is 3. The Hall–Kier alpha value is -0.870. The number of nitrogens with zero attached hydrogens (tertiary/aromatic N) is 3. The van der Waals surface area contributed by atoms with Crippen molar-refractivity contribution in [3.8, 4) is 0 Å². The van der Waals surface area contributed by atoms with E-state index in [2.05, 4.69) is 35.2 Å². The van der Waals surface area contributed by atoms with Crippen LogP contribution >= 0.6 is 0 Å². The van der Waals surface area contributed by atoms with Crippen LogP contribution in [-0.4, -0.2) is 39.9 Å². The summed E-state index contributed by atoms with van der Waals surface area (Å²) in [6.07, 6.45) is 0. The van der Waals surface area contributed by atoms with Gasteiger partial charge in [-0.3, -0.25) is 9.58 Å². The normalized spacial score (nSPS) is 27.2. The highest BCUT2D eigenvalue weighted by Gasteiger charge is 2.23. The van der Waals surface area contributed by atoms with Gasteiger partial charge in [0.05, 0.1) is 11.4 Å². The summed E-state index contributed by atoms with van der Waals surface area (Å²) in [5.74, 6) is 0. The van der Waals surface area contributed by atoms with Gasteiger partial charge in [0.2, 0.25) is 0 Å². The smallest absolute Gasteiger partial charge is 0.0597 e. The Bertz CT molecular complexity index is 358. The van der Waals surface area contributed by atoms with Gasteiger partial charge in [0.25, 0.3) is 0 Å². The standard InChI is InChI=1S/C12H22N4/c1-9-5-12(15(4)14-9)8-16-7-10(2)13-6-11(16)3/h5,10-11,13H,6-8H2,1-4H3. The van der Waals surface area contributed by atoms with Crippen LogP contribution in [0.2, 0.25) is 0 Å². The van der Waals surface area contributed by atoms with Crippen molar-refractivity contribution in [2.75, 3.05) is 13.1 Å². The van der Waals surface area contributed by atoms with Gasteiger partial charge in [0.15, 0.2) is 0 Å². The van der Waals surface area contributed by atoms with Crippen LogP contribution in [0.15, 0.2) is 6.07 Å². The van der Waals surface area contributed by atoms with Gasteiger partial charge in [-0.2, -0.15) is 5.10 Å². The molecule has 1 aliphatic rings. The minimum atomic E-state index is 0.588. The molecule has 1 aliphatic heterocycles. The lowest BCUT2D eigenvalue weighted by Crippen LogP contribution is -2.53. The van der Waals surface area contributed by atoms with Crippen molar-refractivity contribution in [3.63, 3.8) is 0 Å². The van der Waals surface area contributed by atoms with Crippen molar-refractivity contribution in [2.24, 2.45) is 7.05 Å². The predicted octanol–water partition coefficient (Wildman–Crippen LogP) is 0.911. The lowest BCUT2D eigenvalue weighted by Gasteiger charge is -2.37. The van der Waals surface area contributed by atoms with E-state index in [1.165, 1.54) is 5.69 Å². The molecule has 0 bridgehead atoms. The van der Waals surface area contributed by atoms with Crippen molar-refractivity contribution < 1.29 is 0 Å². The van der Waals surface area contributed by atoms with Crippen LogP contribution in [-0.2, 0) is 13.6 Å². The van der Waals surface area contributed by atoms with Gasteiger partial charge in [-0.25, -0.2) is 0 Å². The van der Waals surface area contributed by atoms with E-state index in [0.717, 1.165) is 25.3 Å². The predicted molar refractivity (Wildman–Crippen MR) is 65.3 cm³/mol. The van der Waals surface area contributed by atoms with Gasteiger partial charge in [-0.1, -0.05) is 0 Å². The molecule has 0 radical (unpaired) electrons. The molecule has 4 nitrogen and oxygen atoms in total. The van der Waals surface area contributed by atoms with Gasteiger partial charge in [-0.15, -0.1) is 0 Å². The molecule has 0 amide bonds. The number of piperazine rings is 1. The van der Waals surface area contributed by atoms with E-state index >= 15 is 0 Å². The molecule has 0 spiro atoms. The SMILES string of the molecule is Cc1cc(CN2CC(C)NCC2C)n(C)n1. The van der Waals surface area contributed by atoms with Crippen LogP contribution in [0.25, 0.3) is 0 Å². The first-order chi connectivity index (χ1) is 7.56. The zero-order valence-electron chi connectivity index (χ0n) is 10.7. The summed E-state index contributed by atoms with van der Waals surface area (Å²) in [6.45, 7) is 9.77. The number of aromatic nitrogens is 2. The monoisotopic (exact) mass is 222 g/mol. The molecule has 90 valence electrons. The molecule has 1 aromatic rings. The average molecular weight is 222 g/mol. The first kappa shape index (κ1) is 11.6. The molecule has 2 heterocycles. The molecular weight excluding hydrogens is 200 g/mol. The molecule has 2 rings (SSSR count). The maximum Gasteiger partial charge on any atom is 0.0597 e. The molecule has 4 heteroatoms. The molecule has 0 saturated carbocycles. The molecule has 1 aromatic heterocycles. The molecular formula is C12H22N4. The summed E-state index contributed by atoms with van der Waals surface area (Å²) in [5, 5.41) is 7.90. The fraction of sp³-hybridized carbons (Fsp3) is 0.750. The fourth-order valence-corrected chi connectivity index (χ4v) is 2.34. The van der Waals surface area contributed by atoms with Crippen LogP contribution in [0.1, 0.15) is 25.2 Å². The highest BCUT2D eigenvalue weighted by Crippen LogP contribution is 2.12. The van der Waals surface area contributed by atoms with Crippen molar-refractivity contribution >= 4 is 0 Å². The van der Waals surface area contributed by atoms with Crippen LogP contribution in [0.5, 0.6) is 0 Å². The number of nitrogens with one attached hydrogen (secondary N) is 1. The summed E-state index contributed by atoms with van der Waals surface area (Å²) in [4.78, 5) is 2.53. The molecule has 1 fully saturated rings. The van der Waals surface area contributed by atoms with E-state index in [-0.39, 0.29) is 0 Å². The highest BCUT2D eigenvalue weighted by molar-refractivity contribution is 5.09. The minimum absolute atomic E-state index is 0.588. The molecule has 16 heavy (non-hydrogen) atoms. The minimum Gasteiger partial charge on any atom is -0.311 e. The second-order valence-corrected chi connectivity index (χ2v) is 4.99. The third kappa shape index (κ3) is 2.44. The molecule has 0 aliphatic carbocycles. The molecule has 1 N–H and O–H groups in total. The molecule has 1 saturated heterocycles. The lowest BCUT2D eigenvalue weighted by molar-refractivity contribution is 0.135. The average Bonchev–Trinajstić information content (AvgIpc) is 2.51. The van der Waals surface area contributed by atoms with E-state index in [9.17, 15) is 0 Å². The third-order valence-corrected chi connectivity index (χ3v) is 3.36. The maximum atomic E-state index is 4.39. The summed E-state index contributed by atoms with van der Waals surface area (Å²) in [6, 6.07) is 3.37. The summed E-state index contributed by atoms with van der Waals surface area (Å²) < 4.78 is 1.99. The third-order valence-electron chi connectivity index (χ3n) is 3.36. The van der Waals surface area contributed by atoms with Gasteiger partial charge in [-0.05, 0) is 26.8 Å². The Morgan fingerprint density at radius 2 is 2.25 bits per heavy atom. The van der Waals surface area contributed by atoms with Crippen molar-refractivity contribution in [3.05, 3.63) is 17.5 Å². The Morgan fingerprint density at radius 1 is 1.50 bits per heavy atom. The number of hydrogen-bond donors (Lipinski definition) is 1. The largest absolute Gasteiger partial charge is 0.311 e. The van der Waals surface area contributed by atoms with Crippen molar-refractivity contribution in [1.82, 2.24) is 20.0 Å². The molecule has 2 unspecified atom stereocenters. The number of rotatable bonds is 2. The lowest BCUT2D eigenvalue weighted by atomic mass is 10.1. The van der Waals surface area contributed by atoms with Gasteiger partial charge < -0.3 is 5.32 Å². The van der Waals surface area contributed by atoms with Gasteiger partial charge in [0, 0.05) is 38.8 Å². The fourth-order valence-electron chi connectivity index (χ4n) is 2.34. The quantitative estimate of drug-likeness (QED) is 0.807. The number of aryl methyl sites for hydroxylation is 2. The Morgan fingerprint density at radius 3 is 2.88 bits per heavy atom. The van der Waals surface area contributed by atoms with E-state index in [1.54, 1.807) is 0 Å². The topological polar surface area (TPSA) is 33.1 Å². The summed E-state index contributed by atoms with van der Waals surface area (Å²) in [7, 11) is 2.03. The zero-order valence-corrected chi connectivity index (χ0v) is 10.7. The first-order valence-electron chi connectivity index (χ1n) is 6.03. The van der Waals surface area contributed by atoms with Crippen molar-refractivity contribution in [1.29, 1.82) is 0 Å². The Balaban J connectivity index is 2.05. The van der Waals surface area contributed by atoms with E-state index in [0.29, 0.717) is 12.1 Å². The molecule has 0 aromatic carbocycles. The first-order valence-corrected chi connectivity index (χ1v) is 6.03. The second-order valence-electron chi connectivity index (χ2n) is 4.99.